The number of nitrogens with one attached hydrogen (secondary N) is 3. The number of nitrogens with two attached hydrogens (primary N) is 1. The maximum atomic E-state index is 13.5. The first kappa shape index (κ1) is 23.9. The van der Waals surface area contributed by atoms with Crippen LogP contribution in [0.25, 0.3) is 11.1 Å². The molecule has 0 saturated carbocycles. The highest BCUT2D eigenvalue weighted by atomic mass is 35.5. The minimum Gasteiger partial charge on any atom is -0.423 e. The Balaban J connectivity index is 1.46. The number of aliphatic imine (C=N–C) groups is 1. The number of amides is 2. The van der Waals surface area contributed by atoms with Gasteiger partial charge in [0.05, 0.1) is 11.1 Å². The first-order chi connectivity index (χ1) is 17.8. The molecule has 1 aliphatic rings. The van der Waals surface area contributed by atoms with Crippen LogP contribution in [0.3, 0.4) is 0 Å². The summed E-state index contributed by atoms with van der Waals surface area (Å²) in [6.07, 6.45) is 1.27. The van der Waals surface area contributed by atoms with Crippen LogP contribution >= 0.6 is 11.6 Å². The van der Waals surface area contributed by atoms with Crippen LogP contribution in [-0.4, -0.2) is 27.7 Å². The molecular weight excluding hydrogens is 501 g/mol. The number of aromatic nitrogens is 2. The van der Waals surface area contributed by atoms with E-state index in [0.717, 1.165) is 0 Å². The van der Waals surface area contributed by atoms with Crippen LogP contribution in [0.5, 0.6) is 0 Å². The number of oxazole rings is 1. The minimum atomic E-state index is -0.802. The summed E-state index contributed by atoms with van der Waals surface area (Å²) in [6.45, 7) is 1.71. The second-order valence-corrected chi connectivity index (χ2v) is 8.48. The lowest BCUT2D eigenvalue weighted by molar-refractivity contribution is -0.113. The summed E-state index contributed by atoms with van der Waals surface area (Å²) in [5.74, 6) is -1.09. The van der Waals surface area contributed by atoms with E-state index in [1.807, 2.05) is 0 Å². The molecule has 4 aromatic rings. The van der Waals surface area contributed by atoms with Gasteiger partial charge in [0, 0.05) is 28.5 Å². The second-order valence-electron chi connectivity index (χ2n) is 8.07. The molecule has 186 valence electrons. The lowest BCUT2D eigenvalue weighted by Gasteiger charge is -2.26. The van der Waals surface area contributed by atoms with E-state index in [1.54, 1.807) is 31.2 Å². The predicted octanol–water partition coefficient (Wildman–Crippen LogP) is 4.14. The molecule has 0 saturated heterocycles. The van der Waals surface area contributed by atoms with Crippen molar-refractivity contribution in [2.24, 2.45) is 10.7 Å². The van der Waals surface area contributed by atoms with Gasteiger partial charge in [0.1, 0.15) is 23.2 Å². The number of allylic oxidation sites excluding steroid dienone is 1. The highest BCUT2D eigenvalue weighted by Gasteiger charge is 2.31. The van der Waals surface area contributed by atoms with Crippen molar-refractivity contribution in [3.63, 3.8) is 0 Å². The normalized spacial score (nSPS) is 15.2. The number of hydrogen-bond acceptors (Lipinski definition) is 8. The Morgan fingerprint density at radius 2 is 1.97 bits per heavy atom. The molecule has 37 heavy (non-hydrogen) atoms. The number of guanidine groups is 1. The number of hydrogen-bond donors (Lipinski definition) is 4. The molecule has 5 N–H and O–H groups in total. The van der Waals surface area contributed by atoms with Gasteiger partial charge < -0.3 is 20.8 Å². The Bertz CT molecular complexity index is 1600. The average molecular weight is 520 g/mol. The summed E-state index contributed by atoms with van der Waals surface area (Å²) in [5, 5.41) is 9.11. The molecule has 0 spiro atoms. The third kappa shape index (κ3) is 4.98. The van der Waals surface area contributed by atoms with E-state index in [-0.39, 0.29) is 28.9 Å². The molecule has 1 aliphatic heterocycles. The fourth-order valence-electron chi connectivity index (χ4n) is 3.81. The summed E-state index contributed by atoms with van der Waals surface area (Å²) < 4.78 is 19.1. The zero-order valence-electron chi connectivity index (χ0n) is 19.3. The average Bonchev–Trinajstić information content (AvgIpc) is 3.25. The van der Waals surface area contributed by atoms with E-state index in [2.05, 4.69) is 30.9 Å². The lowest BCUT2D eigenvalue weighted by Crippen LogP contribution is -2.37. The molecule has 3 heterocycles. The smallest absolute Gasteiger partial charge is 0.302 e. The monoisotopic (exact) mass is 519 g/mol. The molecule has 5 rings (SSSR count). The van der Waals surface area contributed by atoms with Crippen LogP contribution < -0.4 is 21.7 Å². The summed E-state index contributed by atoms with van der Waals surface area (Å²) in [7, 11) is 0. The zero-order chi connectivity index (χ0) is 26.1. The number of primary amides is 1. The van der Waals surface area contributed by atoms with Crippen LogP contribution in [0.2, 0.25) is 5.02 Å². The molecule has 12 heteroatoms. The fraction of sp³-hybridized carbons (Fsp3) is 0.0800. The van der Waals surface area contributed by atoms with Crippen molar-refractivity contribution in [1.82, 2.24) is 15.3 Å². The van der Waals surface area contributed by atoms with E-state index < -0.39 is 23.7 Å². The number of anilines is 2. The molecule has 0 radical (unpaired) electrons. The molecule has 0 aliphatic carbocycles. The molecule has 10 nitrogen and oxygen atoms in total. The van der Waals surface area contributed by atoms with Crippen molar-refractivity contribution >= 4 is 52.3 Å². The number of fused-ring (bicyclic) bond motifs is 1. The van der Waals surface area contributed by atoms with Crippen molar-refractivity contribution in [2.75, 3.05) is 10.6 Å². The second kappa shape index (κ2) is 9.70. The Kier molecular flexibility index (Phi) is 6.28. The number of rotatable bonds is 5. The Morgan fingerprint density at radius 3 is 2.70 bits per heavy atom. The maximum absolute atomic E-state index is 13.5. The zero-order valence-corrected chi connectivity index (χ0v) is 20.0. The van der Waals surface area contributed by atoms with Crippen LogP contribution in [0.1, 0.15) is 28.9 Å². The van der Waals surface area contributed by atoms with Gasteiger partial charge in [0.15, 0.2) is 5.58 Å². The van der Waals surface area contributed by atoms with Crippen molar-refractivity contribution in [3.8, 4) is 0 Å². The molecule has 2 aromatic carbocycles. The van der Waals surface area contributed by atoms with Crippen molar-refractivity contribution in [1.29, 1.82) is 0 Å². The summed E-state index contributed by atoms with van der Waals surface area (Å²) >= 11 is 6.47. The summed E-state index contributed by atoms with van der Waals surface area (Å²) in [5.41, 5.74) is 7.56. The third-order valence-corrected chi connectivity index (χ3v) is 5.90. The number of pyridine rings is 1. The first-order valence-corrected chi connectivity index (χ1v) is 11.4. The van der Waals surface area contributed by atoms with Gasteiger partial charge in [-0.25, -0.2) is 14.4 Å². The van der Waals surface area contributed by atoms with Gasteiger partial charge in [0.2, 0.25) is 11.9 Å². The minimum absolute atomic E-state index is 0.0872. The van der Waals surface area contributed by atoms with Gasteiger partial charge in [-0.15, -0.1) is 0 Å². The Hall–Kier alpha value is -4.77. The molecule has 2 amide bonds. The molecular formula is C25H19ClFN7O3. The molecule has 1 atom stereocenters. The van der Waals surface area contributed by atoms with E-state index in [0.29, 0.717) is 27.4 Å². The number of nitrogens with zero attached hydrogens (tertiary/aromatic N) is 3. The predicted molar refractivity (Wildman–Crippen MR) is 136 cm³/mol. The SMILES string of the molecule is CC1=C(C(=O)Nc2ccc(C(N)=O)cn2)C(c2ccccc2Cl)N=C(Nc2nc3ccc(F)cc3o2)N1. The van der Waals surface area contributed by atoms with Crippen molar-refractivity contribution in [3.05, 3.63) is 94.0 Å². The number of halogens is 2. The van der Waals surface area contributed by atoms with Gasteiger partial charge in [-0.3, -0.25) is 14.9 Å². The Labute approximate surface area is 214 Å². The lowest BCUT2D eigenvalue weighted by atomic mass is 9.95. The van der Waals surface area contributed by atoms with Gasteiger partial charge >= 0.3 is 6.01 Å². The highest BCUT2D eigenvalue weighted by molar-refractivity contribution is 6.31. The van der Waals surface area contributed by atoms with Gasteiger partial charge in [0.25, 0.3) is 5.91 Å². The van der Waals surface area contributed by atoms with E-state index in [4.69, 9.17) is 21.8 Å². The molecule has 1 unspecified atom stereocenters. The summed E-state index contributed by atoms with van der Waals surface area (Å²) in [4.78, 5) is 37.7. The third-order valence-electron chi connectivity index (χ3n) is 5.55. The van der Waals surface area contributed by atoms with E-state index in [1.165, 1.54) is 36.5 Å². The van der Waals surface area contributed by atoms with Crippen LogP contribution in [0, 0.1) is 5.82 Å². The number of carbonyl (C=O) groups excluding carboxylic acids is 2. The topological polar surface area (TPSA) is 148 Å². The molecule has 0 bridgehead atoms. The molecule has 0 fully saturated rings. The van der Waals surface area contributed by atoms with Gasteiger partial charge in [-0.05, 0) is 37.3 Å². The van der Waals surface area contributed by atoms with Crippen LogP contribution in [0.15, 0.2) is 81.5 Å². The number of benzene rings is 2. The standard InChI is InChI=1S/C25H19ClFN7O3/c1-12-20(23(36)32-19-9-6-13(11-29-19)22(28)35)21(15-4-2-3-5-16(15)26)33-24(30-12)34-25-31-17-8-7-14(27)10-18(17)37-25/h2-11,21H,1H3,(H2,28,35)(H,29,32,36)(H2,30,31,33,34). The largest absolute Gasteiger partial charge is 0.423 e. The fourth-order valence-corrected chi connectivity index (χ4v) is 4.05. The first-order valence-electron chi connectivity index (χ1n) is 11.0. The van der Waals surface area contributed by atoms with Crippen molar-refractivity contribution in [2.45, 2.75) is 13.0 Å². The van der Waals surface area contributed by atoms with E-state index in [9.17, 15) is 14.0 Å². The highest BCUT2D eigenvalue weighted by Crippen LogP contribution is 2.35. The van der Waals surface area contributed by atoms with Crippen LogP contribution in [-0.2, 0) is 4.79 Å². The Morgan fingerprint density at radius 1 is 1.16 bits per heavy atom. The maximum Gasteiger partial charge on any atom is 0.302 e. The quantitative estimate of drug-likeness (QED) is 0.310. The van der Waals surface area contributed by atoms with Crippen LogP contribution in [0.4, 0.5) is 16.2 Å². The molecule has 2 aromatic heterocycles. The number of carbonyl (C=O) groups is 2. The van der Waals surface area contributed by atoms with Gasteiger partial charge in [-0.1, -0.05) is 29.8 Å². The van der Waals surface area contributed by atoms with Gasteiger partial charge in [-0.2, -0.15) is 4.98 Å². The summed E-state index contributed by atoms with van der Waals surface area (Å²) in [6, 6.07) is 13.3. The van der Waals surface area contributed by atoms with Crippen molar-refractivity contribution < 1.29 is 18.4 Å². The van der Waals surface area contributed by atoms with E-state index >= 15 is 0 Å².